The average Bonchev–Trinajstić information content (AvgIpc) is 2.94. The van der Waals surface area contributed by atoms with Gasteiger partial charge in [0.25, 0.3) is 0 Å². The summed E-state index contributed by atoms with van der Waals surface area (Å²) < 4.78 is 26.5. The van der Waals surface area contributed by atoms with E-state index >= 15 is 0 Å². The fraction of sp³-hybridized carbons (Fsp3) is 0.310. The van der Waals surface area contributed by atoms with Gasteiger partial charge in [-0.1, -0.05) is 38.3 Å². The second kappa shape index (κ2) is 15.4. The molecule has 38 heavy (non-hydrogen) atoms. The maximum Gasteiger partial charge on any atom is 0.354 e. The lowest BCUT2D eigenvalue weighted by molar-refractivity contribution is -0.135. The van der Waals surface area contributed by atoms with Gasteiger partial charge < -0.3 is 23.7 Å². The molecule has 0 aliphatic heterocycles. The van der Waals surface area contributed by atoms with Gasteiger partial charge in [0.05, 0.1) is 27.9 Å². The molecule has 0 atom stereocenters. The van der Waals surface area contributed by atoms with Crippen molar-refractivity contribution in [3.63, 3.8) is 0 Å². The Bertz CT molecular complexity index is 1280. The number of nitriles is 2. The second-order valence-electron chi connectivity index (χ2n) is 7.95. The summed E-state index contributed by atoms with van der Waals surface area (Å²) in [5.74, 6) is -0.405. The van der Waals surface area contributed by atoms with Gasteiger partial charge in [-0.2, -0.15) is 10.5 Å². The molecule has 0 saturated heterocycles. The van der Waals surface area contributed by atoms with Crippen LogP contribution in [0.15, 0.2) is 47.5 Å². The first kappa shape index (κ1) is 29.5. The number of unbranched alkanes of at least 4 members (excludes halogenated alkanes) is 3. The van der Waals surface area contributed by atoms with E-state index in [9.17, 15) is 14.9 Å². The SMILES string of the molecule is CCCCCCOc1ccc(/C=C(\C#N)C(=O)Oc2ccc(/C=C(\C#N)C(=O)OC)cc2OC)cc1OC. The van der Waals surface area contributed by atoms with Crippen molar-refractivity contribution in [2.75, 3.05) is 27.9 Å². The Labute approximate surface area is 222 Å². The van der Waals surface area contributed by atoms with Crippen LogP contribution in [0.5, 0.6) is 23.0 Å². The third kappa shape index (κ3) is 8.42. The maximum atomic E-state index is 12.8. The number of carbonyl (C=O) groups excluding carboxylic acids is 2. The smallest absolute Gasteiger partial charge is 0.354 e. The van der Waals surface area contributed by atoms with Crippen LogP contribution in [0.25, 0.3) is 12.2 Å². The lowest BCUT2D eigenvalue weighted by atomic mass is 10.1. The first-order valence-corrected chi connectivity index (χ1v) is 11.9. The molecular formula is C29H30N2O7. The van der Waals surface area contributed by atoms with Gasteiger partial charge in [0, 0.05) is 0 Å². The Kier molecular flexibility index (Phi) is 11.9. The molecule has 0 fully saturated rings. The number of esters is 2. The highest BCUT2D eigenvalue weighted by atomic mass is 16.6. The number of benzene rings is 2. The van der Waals surface area contributed by atoms with Crippen molar-refractivity contribution >= 4 is 24.1 Å². The van der Waals surface area contributed by atoms with E-state index < -0.39 is 11.9 Å². The first-order valence-electron chi connectivity index (χ1n) is 11.9. The van der Waals surface area contributed by atoms with Crippen LogP contribution in [0.3, 0.4) is 0 Å². The Morgan fingerprint density at radius 2 is 1.32 bits per heavy atom. The molecule has 2 aromatic rings. The summed E-state index contributed by atoms with van der Waals surface area (Å²) in [6, 6.07) is 13.1. The highest BCUT2D eigenvalue weighted by molar-refractivity contribution is 6.00. The van der Waals surface area contributed by atoms with Gasteiger partial charge in [-0.3, -0.25) is 0 Å². The fourth-order valence-corrected chi connectivity index (χ4v) is 3.33. The molecule has 0 aliphatic rings. The molecule has 198 valence electrons. The van der Waals surface area contributed by atoms with Gasteiger partial charge in [-0.05, 0) is 54.0 Å². The Balaban J connectivity index is 2.21. The quantitative estimate of drug-likeness (QED) is 0.115. The van der Waals surface area contributed by atoms with Crippen LogP contribution in [-0.4, -0.2) is 39.9 Å². The largest absolute Gasteiger partial charge is 0.493 e. The summed E-state index contributed by atoms with van der Waals surface area (Å²) in [6.07, 6.45) is 7.02. The van der Waals surface area contributed by atoms with E-state index in [2.05, 4.69) is 11.7 Å². The molecule has 0 unspecified atom stereocenters. The normalized spacial score (nSPS) is 11.1. The molecule has 0 bridgehead atoms. The summed E-state index contributed by atoms with van der Waals surface area (Å²) in [4.78, 5) is 24.4. The summed E-state index contributed by atoms with van der Waals surface area (Å²) in [5.41, 5.74) is 0.536. The van der Waals surface area contributed by atoms with Crippen LogP contribution in [0.2, 0.25) is 0 Å². The zero-order valence-corrected chi connectivity index (χ0v) is 21.9. The minimum absolute atomic E-state index is 0.0526. The van der Waals surface area contributed by atoms with Gasteiger partial charge in [-0.15, -0.1) is 0 Å². The minimum Gasteiger partial charge on any atom is -0.493 e. The van der Waals surface area contributed by atoms with Crippen LogP contribution in [-0.2, 0) is 14.3 Å². The molecule has 2 aromatic carbocycles. The molecule has 0 radical (unpaired) electrons. The van der Waals surface area contributed by atoms with E-state index in [0.29, 0.717) is 29.2 Å². The van der Waals surface area contributed by atoms with Gasteiger partial charge in [0.2, 0.25) is 0 Å². The number of hydrogen-bond donors (Lipinski definition) is 0. The topological polar surface area (TPSA) is 128 Å². The van der Waals surface area contributed by atoms with Crippen LogP contribution in [0.4, 0.5) is 0 Å². The molecule has 9 heteroatoms. The second-order valence-corrected chi connectivity index (χ2v) is 7.95. The highest BCUT2D eigenvalue weighted by Crippen LogP contribution is 2.31. The van der Waals surface area contributed by atoms with E-state index in [1.54, 1.807) is 24.3 Å². The Morgan fingerprint density at radius 3 is 1.84 bits per heavy atom. The molecule has 0 spiro atoms. The zero-order valence-electron chi connectivity index (χ0n) is 21.9. The van der Waals surface area contributed by atoms with Crippen molar-refractivity contribution in [3.8, 4) is 35.1 Å². The lowest BCUT2D eigenvalue weighted by Gasteiger charge is -2.12. The van der Waals surface area contributed by atoms with Crippen molar-refractivity contribution < 1.29 is 33.3 Å². The van der Waals surface area contributed by atoms with Crippen LogP contribution in [0, 0.1) is 22.7 Å². The fourth-order valence-electron chi connectivity index (χ4n) is 3.33. The third-order valence-corrected chi connectivity index (χ3v) is 5.32. The number of ether oxygens (including phenoxy) is 5. The number of rotatable bonds is 13. The molecule has 0 saturated carbocycles. The summed E-state index contributed by atoms with van der Waals surface area (Å²) in [5, 5.41) is 18.7. The van der Waals surface area contributed by atoms with Gasteiger partial charge >= 0.3 is 11.9 Å². The zero-order chi connectivity index (χ0) is 27.9. The maximum absolute atomic E-state index is 12.8. The predicted molar refractivity (Wildman–Crippen MR) is 140 cm³/mol. The number of nitrogens with zero attached hydrogens (tertiary/aromatic N) is 2. The van der Waals surface area contributed by atoms with E-state index in [4.69, 9.17) is 24.2 Å². The monoisotopic (exact) mass is 518 g/mol. The molecular weight excluding hydrogens is 488 g/mol. The Morgan fingerprint density at radius 1 is 0.763 bits per heavy atom. The van der Waals surface area contributed by atoms with Crippen molar-refractivity contribution in [3.05, 3.63) is 58.7 Å². The van der Waals surface area contributed by atoms with E-state index in [1.165, 1.54) is 51.7 Å². The van der Waals surface area contributed by atoms with Crippen LogP contribution in [0.1, 0.15) is 43.7 Å². The molecule has 0 aromatic heterocycles. The van der Waals surface area contributed by atoms with Crippen molar-refractivity contribution in [1.82, 2.24) is 0 Å². The van der Waals surface area contributed by atoms with Gasteiger partial charge in [0.15, 0.2) is 23.0 Å². The van der Waals surface area contributed by atoms with Crippen molar-refractivity contribution in [2.24, 2.45) is 0 Å². The summed E-state index contributed by atoms with van der Waals surface area (Å²) >= 11 is 0. The van der Waals surface area contributed by atoms with Gasteiger partial charge in [-0.25, -0.2) is 9.59 Å². The number of hydrogen-bond acceptors (Lipinski definition) is 9. The standard InChI is InChI=1S/C29H30N2O7/c1-5-6-7-8-13-37-24-11-9-20(16-26(24)34-2)15-23(19-31)29(33)38-25-12-10-21(17-27(25)35-3)14-22(18-30)28(32)36-4/h9-12,14-17H,5-8,13H2,1-4H3/b22-14+,23-15+. The van der Waals surface area contributed by atoms with Crippen molar-refractivity contribution in [1.29, 1.82) is 10.5 Å². The van der Waals surface area contributed by atoms with Crippen LogP contribution >= 0.6 is 0 Å². The molecule has 9 nitrogen and oxygen atoms in total. The number of carbonyl (C=O) groups is 2. The highest BCUT2D eigenvalue weighted by Gasteiger charge is 2.17. The van der Waals surface area contributed by atoms with E-state index in [-0.39, 0.29) is 22.6 Å². The first-order chi connectivity index (χ1) is 18.4. The summed E-state index contributed by atoms with van der Waals surface area (Å²) in [6.45, 7) is 2.71. The predicted octanol–water partition coefficient (Wildman–Crippen LogP) is 5.26. The minimum atomic E-state index is -0.892. The molecule has 0 aliphatic carbocycles. The summed E-state index contributed by atoms with van der Waals surface area (Å²) in [7, 11) is 4.05. The third-order valence-electron chi connectivity index (χ3n) is 5.32. The molecule has 0 N–H and O–H groups in total. The molecule has 0 heterocycles. The van der Waals surface area contributed by atoms with E-state index in [0.717, 1.165) is 25.7 Å². The molecule has 2 rings (SSSR count). The van der Waals surface area contributed by atoms with Crippen LogP contribution < -0.4 is 18.9 Å². The van der Waals surface area contributed by atoms with Crippen molar-refractivity contribution in [2.45, 2.75) is 32.6 Å². The average molecular weight is 519 g/mol. The van der Waals surface area contributed by atoms with E-state index in [1.807, 2.05) is 6.07 Å². The lowest BCUT2D eigenvalue weighted by Crippen LogP contribution is -2.11. The Hall–Kier alpha value is -4.76. The number of methoxy groups -OCH3 is 3. The molecule has 0 amide bonds. The van der Waals surface area contributed by atoms with Gasteiger partial charge in [0.1, 0.15) is 23.3 Å².